The van der Waals surface area contributed by atoms with E-state index in [1.807, 2.05) is 19.1 Å². The van der Waals surface area contributed by atoms with Crippen molar-refractivity contribution >= 4 is 17.4 Å². The average molecular weight is 470 g/mol. The van der Waals surface area contributed by atoms with E-state index in [9.17, 15) is 9.90 Å². The summed E-state index contributed by atoms with van der Waals surface area (Å²) in [6.45, 7) is 10.9. The summed E-state index contributed by atoms with van der Waals surface area (Å²) in [7, 11) is 0. The predicted molar refractivity (Wildman–Crippen MR) is 140 cm³/mol. The van der Waals surface area contributed by atoms with Crippen molar-refractivity contribution in [1.82, 2.24) is 5.43 Å². The first-order valence-corrected chi connectivity index (χ1v) is 12.7. The van der Waals surface area contributed by atoms with Gasteiger partial charge >= 0.3 is 5.97 Å². The molecular weight excluding hydrogens is 426 g/mol. The number of hydrogen-bond donors (Lipinski definition) is 3. The third-order valence-corrected chi connectivity index (χ3v) is 6.40. The summed E-state index contributed by atoms with van der Waals surface area (Å²) in [6.07, 6.45) is 17.0. The fourth-order valence-electron chi connectivity index (χ4n) is 4.18. The standard InChI is InChI=1S/C28H43N3O3/c1-6-7-8-9-10-13-18-34-25(32)17-16-21-19-22(28(3,4)5)27(33)26(20(21)2)31-30-24-15-12-11-14-23(24)29/h11-12,14-15,19-20,26,29,31,33H,6-10,13,16-18H2,1-5H3/b29-23?,30-24-. The van der Waals surface area contributed by atoms with Gasteiger partial charge < -0.3 is 9.84 Å². The van der Waals surface area contributed by atoms with Crippen molar-refractivity contribution in [1.29, 1.82) is 5.41 Å². The molecule has 0 aromatic rings. The smallest absolute Gasteiger partial charge is 0.306 e. The van der Waals surface area contributed by atoms with Crippen LogP contribution in [0.25, 0.3) is 0 Å². The molecule has 2 aliphatic carbocycles. The molecule has 0 heterocycles. The van der Waals surface area contributed by atoms with E-state index in [4.69, 9.17) is 10.1 Å². The molecule has 2 atom stereocenters. The van der Waals surface area contributed by atoms with Gasteiger partial charge in [-0.3, -0.25) is 15.6 Å². The molecule has 2 aliphatic rings. The molecule has 6 heteroatoms. The molecular formula is C28H43N3O3. The summed E-state index contributed by atoms with van der Waals surface area (Å²) < 4.78 is 5.45. The number of rotatable bonds is 12. The van der Waals surface area contributed by atoms with Gasteiger partial charge in [-0.1, -0.05) is 90.5 Å². The highest BCUT2D eigenvalue weighted by molar-refractivity contribution is 6.49. The highest BCUT2D eigenvalue weighted by Crippen LogP contribution is 2.39. The zero-order valence-electron chi connectivity index (χ0n) is 21.6. The number of hydrazone groups is 1. The Kier molecular flexibility index (Phi) is 10.8. The van der Waals surface area contributed by atoms with Crippen molar-refractivity contribution in [3.05, 3.63) is 47.3 Å². The second-order valence-electron chi connectivity index (χ2n) is 10.3. The summed E-state index contributed by atoms with van der Waals surface area (Å²) in [6, 6.07) is -0.423. The Morgan fingerprint density at radius 1 is 1.15 bits per heavy atom. The Morgan fingerprint density at radius 2 is 1.82 bits per heavy atom. The minimum atomic E-state index is -0.423. The number of esters is 1. The number of aliphatic hydroxyl groups is 1. The first kappa shape index (κ1) is 27.6. The summed E-state index contributed by atoms with van der Waals surface area (Å²) in [5.74, 6) is 0.0368. The third kappa shape index (κ3) is 8.30. The van der Waals surface area contributed by atoms with Gasteiger partial charge in [0, 0.05) is 12.3 Å². The van der Waals surface area contributed by atoms with Crippen LogP contribution >= 0.6 is 0 Å². The average Bonchev–Trinajstić information content (AvgIpc) is 2.78. The van der Waals surface area contributed by atoms with E-state index in [0.717, 1.165) is 24.0 Å². The Morgan fingerprint density at radius 3 is 2.50 bits per heavy atom. The summed E-state index contributed by atoms with van der Waals surface area (Å²) in [5, 5.41) is 23.5. The Balaban J connectivity index is 1.99. The van der Waals surface area contributed by atoms with Gasteiger partial charge in [-0.2, -0.15) is 5.10 Å². The van der Waals surface area contributed by atoms with Crippen molar-refractivity contribution < 1.29 is 14.6 Å². The first-order chi connectivity index (χ1) is 16.1. The predicted octanol–water partition coefficient (Wildman–Crippen LogP) is 6.56. The molecule has 0 aromatic carbocycles. The van der Waals surface area contributed by atoms with Crippen molar-refractivity contribution in [3.63, 3.8) is 0 Å². The zero-order valence-corrected chi connectivity index (χ0v) is 21.6. The lowest BCUT2D eigenvalue weighted by atomic mass is 9.75. The highest BCUT2D eigenvalue weighted by Gasteiger charge is 2.34. The van der Waals surface area contributed by atoms with Crippen molar-refractivity contribution in [2.45, 2.75) is 92.0 Å². The van der Waals surface area contributed by atoms with Gasteiger partial charge in [-0.15, -0.1) is 0 Å². The maximum Gasteiger partial charge on any atom is 0.306 e. The molecule has 0 fully saturated rings. The molecule has 0 bridgehead atoms. The molecule has 0 saturated heterocycles. The van der Waals surface area contributed by atoms with Crippen LogP contribution < -0.4 is 5.43 Å². The minimum absolute atomic E-state index is 0.0564. The first-order valence-electron chi connectivity index (χ1n) is 12.7. The lowest BCUT2D eigenvalue weighted by molar-refractivity contribution is -0.143. The number of nitrogens with zero attached hydrogens (tertiary/aromatic N) is 1. The van der Waals surface area contributed by atoms with Gasteiger partial charge in [-0.25, -0.2) is 0 Å². The van der Waals surface area contributed by atoms with Crippen LogP contribution in [-0.2, 0) is 9.53 Å². The molecule has 0 aliphatic heterocycles. The number of nitrogens with one attached hydrogen (secondary N) is 2. The number of allylic oxidation sites excluding steroid dienone is 6. The molecule has 0 saturated carbocycles. The number of ether oxygens (including phenoxy) is 1. The van der Waals surface area contributed by atoms with Gasteiger partial charge in [-0.05, 0) is 36.0 Å². The lowest BCUT2D eigenvalue weighted by Gasteiger charge is -2.35. The van der Waals surface area contributed by atoms with E-state index < -0.39 is 6.04 Å². The Labute approximate surface area is 205 Å². The fourth-order valence-corrected chi connectivity index (χ4v) is 4.18. The van der Waals surface area contributed by atoms with Gasteiger partial charge in [0.05, 0.1) is 12.3 Å². The molecule has 6 nitrogen and oxygen atoms in total. The molecule has 2 unspecified atom stereocenters. The van der Waals surface area contributed by atoms with Crippen molar-refractivity contribution in [2.75, 3.05) is 6.61 Å². The number of carbonyl (C=O) groups excluding carboxylic acids is 1. The maximum atomic E-state index is 12.3. The van der Waals surface area contributed by atoms with Gasteiger partial charge in [0.2, 0.25) is 0 Å². The molecule has 0 spiro atoms. The fraction of sp³-hybridized carbons (Fsp3) is 0.607. The van der Waals surface area contributed by atoms with Crippen molar-refractivity contribution in [2.24, 2.45) is 16.4 Å². The summed E-state index contributed by atoms with van der Waals surface area (Å²) in [4.78, 5) is 12.3. The van der Waals surface area contributed by atoms with Crippen LogP contribution in [0.15, 0.2) is 52.4 Å². The van der Waals surface area contributed by atoms with E-state index in [1.165, 1.54) is 25.7 Å². The number of hydrogen-bond acceptors (Lipinski definition) is 6. The topological polar surface area (TPSA) is 94.8 Å². The van der Waals surface area contributed by atoms with E-state index in [2.05, 4.69) is 38.2 Å². The van der Waals surface area contributed by atoms with Gasteiger partial charge in [0.25, 0.3) is 0 Å². The van der Waals surface area contributed by atoms with E-state index in [1.54, 1.807) is 18.2 Å². The number of unbranched alkanes of at least 4 members (excludes halogenated alkanes) is 5. The second-order valence-corrected chi connectivity index (χ2v) is 10.3. The monoisotopic (exact) mass is 469 g/mol. The number of carbonyl (C=O) groups is 1. The molecule has 3 N–H and O–H groups in total. The molecule has 0 radical (unpaired) electrons. The normalized spacial score (nSPS) is 21.7. The third-order valence-electron chi connectivity index (χ3n) is 6.40. The Hall–Kier alpha value is -2.63. The number of aliphatic hydroxyl groups excluding tert-OH is 1. The van der Waals surface area contributed by atoms with Crippen LogP contribution in [0.1, 0.15) is 86.0 Å². The molecule has 34 heavy (non-hydrogen) atoms. The van der Waals surface area contributed by atoms with Crippen LogP contribution in [0.4, 0.5) is 0 Å². The highest BCUT2D eigenvalue weighted by atomic mass is 16.5. The van der Waals surface area contributed by atoms with Crippen LogP contribution in [-0.4, -0.2) is 35.1 Å². The summed E-state index contributed by atoms with van der Waals surface area (Å²) in [5.41, 5.74) is 5.61. The van der Waals surface area contributed by atoms with Crippen LogP contribution in [0.2, 0.25) is 0 Å². The zero-order chi connectivity index (χ0) is 25.1. The van der Waals surface area contributed by atoms with E-state index in [-0.39, 0.29) is 23.1 Å². The SMILES string of the molecule is CCCCCCCCOC(=O)CCC1=CC(C(C)(C)C)=C(O)C(N/N=C2/C=CC=CC2=N)C1C. The summed E-state index contributed by atoms with van der Waals surface area (Å²) >= 11 is 0. The molecule has 0 aromatic heterocycles. The minimum Gasteiger partial charge on any atom is -0.510 e. The quantitative estimate of drug-likeness (QED) is 0.130. The van der Waals surface area contributed by atoms with Crippen molar-refractivity contribution in [3.8, 4) is 0 Å². The van der Waals surface area contributed by atoms with Gasteiger partial charge in [0.1, 0.15) is 17.5 Å². The Bertz CT molecular complexity index is 872. The molecule has 0 amide bonds. The van der Waals surface area contributed by atoms with E-state index >= 15 is 0 Å². The lowest BCUT2D eigenvalue weighted by Crippen LogP contribution is -2.39. The van der Waals surface area contributed by atoms with Gasteiger partial charge in [0.15, 0.2) is 0 Å². The van der Waals surface area contributed by atoms with Crippen LogP contribution in [0.3, 0.4) is 0 Å². The molecule has 2 rings (SSSR count). The second kappa shape index (κ2) is 13.3. The maximum absolute atomic E-state index is 12.3. The van der Waals surface area contributed by atoms with Crippen LogP contribution in [0.5, 0.6) is 0 Å². The van der Waals surface area contributed by atoms with Crippen LogP contribution in [0, 0.1) is 16.7 Å². The molecule has 188 valence electrons. The largest absolute Gasteiger partial charge is 0.510 e. The van der Waals surface area contributed by atoms with E-state index in [0.29, 0.717) is 30.9 Å².